The van der Waals surface area contributed by atoms with E-state index in [4.69, 9.17) is 10.5 Å². The zero-order valence-electron chi connectivity index (χ0n) is 9.02. The van der Waals surface area contributed by atoms with Crippen molar-refractivity contribution in [1.82, 2.24) is 9.97 Å². The van der Waals surface area contributed by atoms with Gasteiger partial charge in [0.25, 0.3) is 0 Å². The number of nitrogens with zero attached hydrogens (tertiary/aromatic N) is 2. The third kappa shape index (κ3) is 2.89. The number of rotatable bonds is 2. The zero-order valence-corrected chi connectivity index (χ0v) is 9.02. The summed E-state index contributed by atoms with van der Waals surface area (Å²) in [5.74, 6) is 0. The van der Waals surface area contributed by atoms with Crippen molar-refractivity contribution in [3.05, 3.63) is 18.0 Å². The molecule has 4 nitrogen and oxygen atoms in total. The van der Waals surface area contributed by atoms with Crippen LogP contribution in [0.5, 0.6) is 6.01 Å². The van der Waals surface area contributed by atoms with Crippen molar-refractivity contribution in [1.29, 1.82) is 0 Å². The van der Waals surface area contributed by atoms with Gasteiger partial charge in [0.1, 0.15) is 6.10 Å². The first kappa shape index (κ1) is 10.4. The first-order chi connectivity index (χ1) is 7.24. The number of aromatic nitrogens is 2. The van der Waals surface area contributed by atoms with Crippen LogP contribution in [0, 0.1) is 6.92 Å². The molecule has 82 valence electrons. The molecule has 1 aliphatic rings. The molecule has 0 amide bonds. The SMILES string of the molecule is Cc1ccnc(OC2CCCC(N)C2)n1. The zero-order chi connectivity index (χ0) is 10.7. The van der Waals surface area contributed by atoms with E-state index in [0.717, 1.165) is 31.4 Å². The summed E-state index contributed by atoms with van der Waals surface area (Å²) < 4.78 is 5.70. The predicted molar refractivity (Wildman–Crippen MR) is 57.6 cm³/mol. The highest BCUT2D eigenvalue weighted by atomic mass is 16.5. The van der Waals surface area contributed by atoms with Gasteiger partial charge in [-0.05, 0) is 38.7 Å². The molecule has 1 saturated carbocycles. The smallest absolute Gasteiger partial charge is 0.316 e. The molecule has 0 radical (unpaired) electrons. The average molecular weight is 207 g/mol. The van der Waals surface area contributed by atoms with E-state index in [1.54, 1.807) is 6.20 Å². The molecule has 0 bridgehead atoms. The van der Waals surface area contributed by atoms with E-state index in [1.165, 1.54) is 0 Å². The minimum Gasteiger partial charge on any atom is -0.460 e. The maximum atomic E-state index is 5.89. The Hall–Kier alpha value is -1.16. The molecule has 15 heavy (non-hydrogen) atoms. The van der Waals surface area contributed by atoms with Crippen LogP contribution in [0.25, 0.3) is 0 Å². The third-order valence-corrected chi connectivity index (χ3v) is 2.71. The monoisotopic (exact) mass is 207 g/mol. The molecule has 2 N–H and O–H groups in total. The van der Waals surface area contributed by atoms with Crippen LogP contribution in [-0.2, 0) is 0 Å². The molecule has 2 rings (SSSR count). The lowest BCUT2D eigenvalue weighted by molar-refractivity contribution is 0.132. The maximum absolute atomic E-state index is 5.89. The fourth-order valence-corrected chi connectivity index (χ4v) is 1.92. The van der Waals surface area contributed by atoms with Gasteiger partial charge in [0.2, 0.25) is 0 Å². The van der Waals surface area contributed by atoms with Crippen LogP contribution in [0.15, 0.2) is 12.3 Å². The summed E-state index contributed by atoms with van der Waals surface area (Å²) in [6.07, 6.45) is 6.13. The Morgan fingerprint density at radius 3 is 3.07 bits per heavy atom. The molecule has 0 spiro atoms. The van der Waals surface area contributed by atoms with Crippen molar-refractivity contribution in [2.24, 2.45) is 5.73 Å². The second-order valence-corrected chi connectivity index (χ2v) is 4.15. The summed E-state index contributed by atoms with van der Waals surface area (Å²) in [4.78, 5) is 8.30. The average Bonchev–Trinajstić information content (AvgIpc) is 2.17. The van der Waals surface area contributed by atoms with Gasteiger partial charge >= 0.3 is 6.01 Å². The van der Waals surface area contributed by atoms with E-state index in [9.17, 15) is 0 Å². The third-order valence-electron chi connectivity index (χ3n) is 2.71. The number of ether oxygens (including phenoxy) is 1. The van der Waals surface area contributed by atoms with Crippen molar-refractivity contribution >= 4 is 0 Å². The number of hydrogen-bond acceptors (Lipinski definition) is 4. The largest absolute Gasteiger partial charge is 0.460 e. The molecule has 4 heteroatoms. The Morgan fingerprint density at radius 2 is 2.33 bits per heavy atom. The van der Waals surface area contributed by atoms with E-state index in [2.05, 4.69) is 9.97 Å². The van der Waals surface area contributed by atoms with E-state index >= 15 is 0 Å². The summed E-state index contributed by atoms with van der Waals surface area (Å²) >= 11 is 0. The molecule has 1 aliphatic carbocycles. The van der Waals surface area contributed by atoms with E-state index in [0.29, 0.717) is 6.01 Å². The predicted octanol–water partition coefficient (Wildman–Crippen LogP) is 1.43. The summed E-state index contributed by atoms with van der Waals surface area (Å²) in [6, 6.07) is 2.61. The summed E-state index contributed by atoms with van der Waals surface area (Å²) in [5.41, 5.74) is 6.82. The van der Waals surface area contributed by atoms with Crippen LogP contribution in [0.1, 0.15) is 31.4 Å². The Bertz CT molecular complexity index is 329. The summed E-state index contributed by atoms with van der Waals surface area (Å²) in [5, 5.41) is 0. The summed E-state index contributed by atoms with van der Waals surface area (Å²) in [7, 11) is 0. The lowest BCUT2D eigenvalue weighted by Gasteiger charge is -2.26. The Balaban J connectivity index is 1.96. The van der Waals surface area contributed by atoms with Gasteiger partial charge in [0, 0.05) is 17.9 Å². The van der Waals surface area contributed by atoms with Gasteiger partial charge < -0.3 is 10.5 Å². The second kappa shape index (κ2) is 4.57. The van der Waals surface area contributed by atoms with E-state index in [-0.39, 0.29) is 12.1 Å². The first-order valence-corrected chi connectivity index (χ1v) is 5.46. The Kier molecular flexibility index (Phi) is 3.16. The van der Waals surface area contributed by atoms with Crippen LogP contribution < -0.4 is 10.5 Å². The minimum atomic E-state index is 0.190. The van der Waals surface area contributed by atoms with Crippen LogP contribution in [0.4, 0.5) is 0 Å². The molecule has 2 unspecified atom stereocenters. The summed E-state index contributed by atoms with van der Waals surface area (Å²) in [6.45, 7) is 1.93. The topological polar surface area (TPSA) is 61.0 Å². The highest BCUT2D eigenvalue weighted by Crippen LogP contribution is 2.20. The van der Waals surface area contributed by atoms with Crippen molar-refractivity contribution in [3.8, 4) is 6.01 Å². The highest BCUT2D eigenvalue weighted by Gasteiger charge is 2.21. The van der Waals surface area contributed by atoms with E-state index < -0.39 is 0 Å². The quantitative estimate of drug-likeness (QED) is 0.797. The van der Waals surface area contributed by atoms with Gasteiger partial charge in [0.15, 0.2) is 0 Å². The van der Waals surface area contributed by atoms with Crippen molar-refractivity contribution in [2.45, 2.75) is 44.8 Å². The standard InChI is InChI=1S/C11H17N3O/c1-8-5-6-13-11(14-8)15-10-4-2-3-9(12)7-10/h5-6,9-10H,2-4,7,12H2,1H3. The van der Waals surface area contributed by atoms with Gasteiger partial charge in [-0.3, -0.25) is 0 Å². The fourth-order valence-electron chi connectivity index (χ4n) is 1.92. The van der Waals surface area contributed by atoms with Gasteiger partial charge in [-0.15, -0.1) is 0 Å². The molecule has 1 aromatic rings. The normalized spacial score (nSPS) is 26.3. The maximum Gasteiger partial charge on any atom is 0.316 e. The van der Waals surface area contributed by atoms with Crippen LogP contribution in [0.3, 0.4) is 0 Å². The van der Waals surface area contributed by atoms with Crippen LogP contribution in [-0.4, -0.2) is 22.1 Å². The first-order valence-electron chi connectivity index (χ1n) is 5.46. The molecule has 2 atom stereocenters. The van der Waals surface area contributed by atoms with Crippen molar-refractivity contribution in [2.75, 3.05) is 0 Å². The van der Waals surface area contributed by atoms with Crippen LogP contribution >= 0.6 is 0 Å². The van der Waals surface area contributed by atoms with Gasteiger partial charge in [0.05, 0.1) is 0 Å². The molecule has 0 saturated heterocycles. The molecule has 1 fully saturated rings. The lowest BCUT2D eigenvalue weighted by atomic mass is 9.94. The van der Waals surface area contributed by atoms with Gasteiger partial charge in [-0.25, -0.2) is 9.97 Å². The Morgan fingerprint density at radius 1 is 1.47 bits per heavy atom. The van der Waals surface area contributed by atoms with Gasteiger partial charge in [-0.2, -0.15) is 0 Å². The van der Waals surface area contributed by atoms with Crippen LogP contribution in [0.2, 0.25) is 0 Å². The highest BCUT2D eigenvalue weighted by molar-refractivity contribution is 5.03. The number of aryl methyl sites for hydroxylation is 1. The molecule has 0 aromatic carbocycles. The van der Waals surface area contributed by atoms with Crippen molar-refractivity contribution in [3.63, 3.8) is 0 Å². The van der Waals surface area contributed by atoms with Crippen molar-refractivity contribution < 1.29 is 4.74 Å². The molecule has 0 aliphatic heterocycles. The lowest BCUT2D eigenvalue weighted by Crippen LogP contribution is -2.34. The fraction of sp³-hybridized carbons (Fsp3) is 0.636. The molecular weight excluding hydrogens is 190 g/mol. The number of hydrogen-bond donors (Lipinski definition) is 1. The molecule has 1 aromatic heterocycles. The number of nitrogens with two attached hydrogens (primary N) is 1. The van der Waals surface area contributed by atoms with E-state index in [1.807, 2.05) is 13.0 Å². The molecule has 1 heterocycles. The second-order valence-electron chi connectivity index (χ2n) is 4.15. The molecular formula is C11H17N3O. The minimum absolute atomic E-state index is 0.190. The Labute approximate surface area is 89.9 Å². The van der Waals surface area contributed by atoms with Gasteiger partial charge in [-0.1, -0.05) is 0 Å².